The summed E-state index contributed by atoms with van der Waals surface area (Å²) in [5.74, 6) is -0.222. The Bertz CT molecular complexity index is 1150. The maximum Gasteiger partial charge on any atom is 0.259 e. The van der Waals surface area contributed by atoms with Gasteiger partial charge in [0, 0.05) is 31.5 Å². The molecule has 1 atom stereocenters. The lowest BCUT2D eigenvalue weighted by molar-refractivity contribution is 0.0940. The minimum Gasteiger partial charge on any atom is -0.344 e. The zero-order chi connectivity index (χ0) is 19.8. The van der Waals surface area contributed by atoms with Crippen LogP contribution in [0.5, 0.6) is 0 Å². The van der Waals surface area contributed by atoms with Crippen LogP contribution in [0.15, 0.2) is 35.2 Å². The highest BCUT2D eigenvalue weighted by Gasteiger charge is 2.22. The first kappa shape index (κ1) is 17.9. The molecule has 0 saturated heterocycles. The zero-order valence-electron chi connectivity index (χ0n) is 16.2. The van der Waals surface area contributed by atoms with Crippen molar-refractivity contribution in [2.75, 3.05) is 0 Å². The van der Waals surface area contributed by atoms with Gasteiger partial charge < -0.3 is 9.84 Å². The van der Waals surface area contributed by atoms with Crippen molar-refractivity contribution in [2.24, 2.45) is 7.05 Å². The van der Waals surface area contributed by atoms with Crippen molar-refractivity contribution < 1.29 is 9.32 Å². The van der Waals surface area contributed by atoms with Gasteiger partial charge in [0.25, 0.3) is 11.6 Å². The molecule has 1 N–H and O–H groups in total. The predicted molar refractivity (Wildman–Crippen MR) is 103 cm³/mol. The highest BCUT2D eigenvalue weighted by atomic mass is 16.5. The third kappa shape index (κ3) is 3.04. The fourth-order valence-corrected chi connectivity index (χ4v) is 3.30. The van der Waals surface area contributed by atoms with Crippen molar-refractivity contribution in [1.82, 2.24) is 35.0 Å². The molecule has 4 aromatic rings. The normalized spacial score (nSPS) is 12.4. The third-order valence-electron chi connectivity index (χ3n) is 4.70. The number of carbonyl (C=O) groups excluding carboxylic acids is 1. The van der Waals surface area contributed by atoms with Crippen molar-refractivity contribution in [3.8, 4) is 11.3 Å². The smallest absolute Gasteiger partial charge is 0.259 e. The van der Waals surface area contributed by atoms with Gasteiger partial charge in [-0.3, -0.25) is 14.2 Å². The number of nitrogens with zero attached hydrogens (tertiary/aromatic N) is 6. The van der Waals surface area contributed by atoms with Crippen LogP contribution in [0, 0.1) is 6.92 Å². The second-order valence-electron chi connectivity index (χ2n) is 6.67. The first-order valence-electron chi connectivity index (χ1n) is 9.06. The number of fused-ring (bicyclic) bond motifs is 1. The van der Waals surface area contributed by atoms with Crippen LogP contribution in [0.2, 0.25) is 0 Å². The molecule has 0 spiro atoms. The molecule has 1 amide bonds. The van der Waals surface area contributed by atoms with Gasteiger partial charge in [-0.1, -0.05) is 5.16 Å². The minimum absolute atomic E-state index is 0.208. The largest absolute Gasteiger partial charge is 0.344 e. The van der Waals surface area contributed by atoms with Crippen molar-refractivity contribution in [1.29, 1.82) is 0 Å². The molecule has 0 aliphatic rings. The van der Waals surface area contributed by atoms with Gasteiger partial charge in [-0.05, 0) is 32.9 Å². The van der Waals surface area contributed by atoms with E-state index in [2.05, 4.69) is 25.7 Å². The number of amides is 1. The number of hydrogen-bond donors (Lipinski definition) is 1. The van der Waals surface area contributed by atoms with Crippen molar-refractivity contribution in [3.63, 3.8) is 0 Å². The molecule has 1 unspecified atom stereocenters. The Kier molecular flexibility index (Phi) is 4.42. The van der Waals surface area contributed by atoms with Crippen LogP contribution in [-0.2, 0) is 13.6 Å². The molecular weight excluding hydrogens is 358 g/mol. The molecule has 0 fully saturated rings. The van der Waals surface area contributed by atoms with Gasteiger partial charge in [0.2, 0.25) is 0 Å². The maximum atomic E-state index is 13.1. The number of aryl methyl sites for hydroxylation is 3. The Morgan fingerprint density at radius 2 is 2.18 bits per heavy atom. The van der Waals surface area contributed by atoms with Gasteiger partial charge in [-0.15, -0.1) is 0 Å². The summed E-state index contributed by atoms with van der Waals surface area (Å²) in [6.45, 7) is 6.47. The van der Waals surface area contributed by atoms with Crippen LogP contribution in [0.4, 0.5) is 0 Å². The molecule has 0 aliphatic carbocycles. The lowest BCUT2D eigenvalue weighted by Crippen LogP contribution is -2.28. The summed E-state index contributed by atoms with van der Waals surface area (Å²) in [5, 5.41) is 16.1. The Balaban J connectivity index is 1.74. The number of aromatic nitrogens is 6. The summed E-state index contributed by atoms with van der Waals surface area (Å²) in [5.41, 5.74) is 3.76. The second kappa shape index (κ2) is 6.91. The van der Waals surface area contributed by atoms with Crippen molar-refractivity contribution in [3.05, 3.63) is 47.7 Å². The van der Waals surface area contributed by atoms with E-state index in [0.717, 1.165) is 17.8 Å². The van der Waals surface area contributed by atoms with E-state index >= 15 is 0 Å². The molecule has 9 heteroatoms. The van der Waals surface area contributed by atoms with Gasteiger partial charge >= 0.3 is 0 Å². The van der Waals surface area contributed by atoms with Gasteiger partial charge in [-0.2, -0.15) is 10.2 Å². The molecule has 0 aromatic carbocycles. The monoisotopic (exact) mass is 379 g/mol. The summed E-state index contributed by atoms with van der Waals surface area (Å²) < 4.78 is 8.88. The van der Waals surface area contributed by atoms with Crippen LogP contribution in [0.3, 0.4) is 0 Å². The molecule has 0 bridgehead atoms. The molecule has 0 aliphatic heterocycles. The lowest BCUT2D eigenvalue weighted by atomic mass is 10.1. The van der Waals surface area contributed by atoms with Gasteiger partial charge in [0.1, 0.15) is 0 Å². The number of rotatable bonds is 5. The minimum atomic E-state index is -0.222. The van der Waals surface area contributed by atoms with E-state index < -0.39 is 0 Å². The first-order chi connectivity index (χ1) is 13.5. The first-order valence-corrected chi connectivity index (χ1v) is 9.06. The molecule has 4 rings (SSSR count). The van der Waals surface area contributed by atoms with E-state index in [9.17, 15) is 4.79 Å². The van der Waals surface area contributed by atoms with Crippen molar-refractivity contribution >= 4 is 17.0 Å². The summed E-state index contributed by atoms with van der Waals surface area (Å²) >= 11 is 0. The number of carbonyl (C=O) groups is 1. The Morgan fingerprint density at radius 3 is 2.89 bits per heavy atom. The Hall–Kier alpha value is -3.49. The van der Waals surface area contributed by atoms with E-state index in [1.165, 1.54) is 0 Å². The molecule has 0 radical (unpaired) electrons. The third-order valence-corrected chi connectivity index (χ3v) is 4.70. The van der Waals surface area contributed by atoms with E-state index in [4.69, 9.17) is 4.52 Å². The summed E-state index contributed by atoms with van der Waals surface area (Å²) in [6, 6.07) is 3.45. The Labute approximate surface area is 161 Å². The fourth-order valence-electron chi connectivity index (χ4n) is 3.30. The van der Waals surface area contributed by atoms with E-state index in [-0.39, 0.29) is 11.9 Å². The summed E-state index contributed by atoms with van der Waals surface area (Å²) in [6.07, 6.45) is 5.26. The number of nitrogens with one attached hydrogen (secondary N) is 1. The van der Waals surface area contributed by atoms with Gasteiger partial charge in [0.05, 0.1) is 40.3 Å². The molecule has 28 heavy (non-hydrogen) atoms. The maximum absolute atomic E-state index is 13.1. The topological polar surface area (TPSA) is 104 Å². The molecule has 4 heterocycles. The highest BCUT2D eigenvalue weighted by molar-refractivity contribution is 6.07. The average molecular weight is 379 g/mol. The summed E-state index contributed by atoms with van der Waals surface area (Å²) in [4.78, 5) is 17.6. The van der Waals surface area contributed by atoms with E-state index in [1.54, 1.807) is 30.1 Å². The predicted octanol–water partition coefficient (Wildman–Crippen LogP) is 2.64. The Morgan fingerprint density at radius 1 is 1.36 bits per heavy atom. The molecule has 4 aromatic heterocycles. The summed E-state index contributed by atoms with van der Waals surface area (Å²) in [7, 11) is 1.83. The van der Waals surface area contributed by atoms with Crippen LogP contribution in [0.1, 0.15) is 41.6 Å². The fraction of sp³-hybridized carbons (Fsp3) is 0.316. The molecule has 144 valence electrons. The second-order valence-corrected chi connectivity index (χ2v) is 6.67. The zero-order valence-corrected chi connectivity index (χ0v) is 16.2. The van der Waals surface area contributed by atoms with E-state index in [1.807, 2.05) is 37.8 Å². The SMILES string of the molecule is CCn1nccc1C(C)NC(=O)c1cc(-c2cnn(C)c2)nc2onc(C)c12. The lowest BCUT2D eigenvalue weighted by Gasteiger charge is -2.16. The number of hydrogen-bond acceptors (Lipinski definition) is 6. The molecule has 9 nitrogen and oxygen atoms in total. The van der Waals surface area contributed by atoms with Crippen LogP contribution in [-0.4, -0.2) is 35.6 Å². The van der Waals surface area contributed by atoms with Crippen molar-refractivity contribution in [2.45, 2.75) is 33.4 Å². The van der Waals surface area contributed by atoms with Crippen LogP contribution >= 0.6 is 0 Å². The quantitative estimate of drug-likeness (QED) is 0.572. The van der Waals surface area contributed by atoms with Gasteiger partial charge in [-0.25, -0.2) is 4.98 Å². The average Bonchev–Trinajstić information content (AvgIpc) is 3.40. The number of pyridine rings is 1. The van der Waals surface area contributed by atoms with Gasteiger partial charge in [0.15, 0.2) is 0 Å². The van der Waals surface area contributed by atoms with E-state index in [0.29, 0.717) is 28.1 Å². The standard InChI is InChI=1S/C19H21N7O2/c1-5-26-16(6-7-20-26)11(2)22-18(27)14-8-15(13-9-21-25(4)10-13)23-19-17(14)12(3)24-28-19/h6-11H,5H2,1-4H3,(H,22,27). The molecule has 0 saturated carbocycles. The van der Waals surface area contributed by atoms with Crippen LogP contribution < -0.4 is 5.32 Å². The molecular formula is C19H21N7O2. The van der Waals surface area contributed by atoms with Crippen LogP contribution in [0.25, 0.3) is 22.4 Å². The highest BCUT2D eigenvalue weighted by Crippen LogP contribution is 2.27.